The van der Waals surface area contributed by atoms with Gasteiger partial charge in [-0.05, 0) is 61.1 Å². The highest BCUT2D eigenvalue weighted by molar-refractivity contribution is 6.30. The summed E-state index contributed by atoms with van der Waals surface area (Å²) in [6.07, 6.45) is 5.57. The van der Waals surface area contributed by atoms with Gasteiger partial charge in [0.05, 0.1) is 6.04 Å². The molecule has 3 fully saturated rings. The summed E-state index contributed by atoms with van der Waals surface area (Å²) < 4.78 is 5.56. The Labute approximate surface area is 216 Å². The molecule has 0 bridgehead atoms. The van der Waals surface area contributed by atoms with Crippen molar-refractivity contribution >= 4 is 28.4 Å². The third-order valence-corrected chi connectivity index (χ3v) is 8.36. The molecule has 0 saturated carbocycles. The molecule has 190 valence electrons. The SMILES string of the molecule is O=C1N(C2CCOCC2)C[C@@H](c2cccc(Cl)c2)N1C1CCN(Cc2ccc3c(O)[nH]cc3c2)CC1. The Bertz CT molecular complexity index is 1230. The van der Waals surface area contributed by atoms with Gasteiger partial charge in [-0.15, -0.1) is 0 Å². The van der Waals surface area contributed by atoms with E-state index in [1.165, 1.54) is 5.56 Å². The Morgan fingerprint density at radius 2 is 1.83 bits per heavy atom. The molecular weight excluding hydrogens is 476 g/mol. The lowest BCUT2D eigenvalue weighted by atomic mass is 9.98. The van der Waals surface area contributed by atoms with Crippen LogP contribution < -0.4 is 0 Å². The van der Waals surface area contributed by atoms with Gasteiger partial charge >= 0.3 is 6.03 Å². The first-order valence-electron chi connectivity index (χ1n) is 13.0. The fourth-order valence-corrected chi connectivity index (χ4v) is 6.41. The fourth-order valence-electron chi connectivity index (χ4n) is 6.21. The lowest BCUT2D eigenvalue weighted by molar-refractivity contribution is 0.0493. The standard InChI is InChI=1S/C28H33ClN4O3/c29-22-3-1-2-20(15-22)26-18-32(23-8-12-36-13-9-23)28(35)33(26)24-6-10-31(11-7-24)17-19-4-5-25-21(14-19)16-30-27(25)34/h1-5,14-16,23-24,26,30,34H,6-13,17-18H2/t26-/m0/s1. The molecule has 2 amide bonds. The van der Waals surface area contributed by atoms with Crippen molar-refractivity contribution < 1.29 is 14.6 Å². The van der Waals surface area contributed by atoms with E-state index in [0.717, 1.165) is 74.9 Å². The van der Waals surface area contributed by atoms with Gasteiger partial charge in [0.15, 0.2) is 5.88 Å². The molecule has 3 saturated heterocycles. The number of aromatic amines is 1. The Kier molecular flexibility index (Phi) is 6.54. The molecule has 3 aliphatic rings. The Hall–Kier alpha value is -2.74. The van der Waals surface area contributed by atoms with Crippen molar-refractivity contribution in [1.29, 1.82) is 0 Å². The molecule has 3 aliphatic heterocycles. The minimum Gasteiger partial charge on any atom is -0.494 e. The largest absolute Gasteiger partial charge is 0.494 e. The number of benzene rings is 2. The van der Waals surface area contributed by atoms with Crippen LogP contribution in [0.4, 0.5) is 4.79 Å². The molecule has 2 N–H and O–H groups in total. The van der Waals surface area contributed by atoms with Crippen LogP contribution in [-0.4, -0.2) is 75.8 Å². The van der Waals surface area contributed by atoms with Gasteiger partial charge in [0.25, 0.3) is 0 Å². The topological polar surface area (TPSA) is 72.0 Å². The fraction of sp³-hybridized carbons (Fsp3) is 0.464. The number of fused-ring (bicyclic) bond motifs is 1. The van der Waals surface area contributed by atoms with Gasteiger partial charge in [0.2, 0.25) is 0 Å². The monoisotopic (exact) mass is 508 g/mol. The third kappa shape index (κ3) is 4.56. The molecular formula is C28H33ClN4O3. The van der Waals surface area contributed by atoms with Crippen LogP contribution >= 0.6 is 11.6 Å². The molecule has 36 heavy (non-hydrogen) atoms. The smallest absolute Gasteiger partial charge is 0.321 e. The van der Waals surface area contributed by atoms with E-state index in [9.17, 15) is 9.90 Å². The van der Waals surface area contributed by atoms with E-state index in [2.05, 4.69) is 37.9 Å². The van der Waals surface area contributed by atoms with Crippen LogP contribution in [0.5, 0.6) is 5.88 Å². The van der Waals surface area contributed by atoms with Crippen molar-refractivity contribution in [1.82, 2.24) is 19.7 Å². The van der Waals surface area contributed by atoms with E-state index in [4.69, 9.17) is 16.3 Å². The summed E-state index contributed by atoms with van der Waals surface area (Å²) in [7, 11) is 0. The minimum absolute atomic E-state index is 0.0271. The molecule has 3 aromatic rings. The number of H-pyrrole nitrogens is 1. The maximum atomic E-state index is 13.8. The Balaban J connectivity index is 1.17. The zero-order valence-corrected chi connectivity index (χ0v) is 21.2. The van der Waals surface area contributed by atoms with Crippen molar-refractivity contribution in [3.8, 4) is 5.88 Å². The highest BCUT2D eigenvalue weighted by Crippen LogP contribution is 2.38. The number of amides is 2. The second-order valence-corrected chi connectivity index (χ2v) is 10.8. The number of hydrogen-bond acceptors (Lipinski definition) is 4. The average molecular weight is 509 g/mol. The summed E-state index contributed by atoms with van der Waals surface area (Å²) >= 11 is 6.36. The molecule has 4 heterocycles. The quantitative estimate of drug-likeness (QED) is 0.500. The van der Waals surface area contributed by atoms with Crippen molar-refractivity contribution in [2.24, 2.45) is 0 Å². The number of aromatic hydroxyl groups is 1. The number of ether oxygens (including phenoxy) is 1. The summed E-state index contributed by atoms with van der Waals surface area (Å²) in [6, 6.07) is 14.9. The number of piperidine rings is 1. The second-order valence-electron chi connectivity index (χ2n) is 10.3. The van der Waals surface area contributed by atoms with Crippen LogP contribution in [0.25, 0.3) is 10.8 Å². The summed E-state index contributed by atoms with van der Waals surface area (Å²) in [6.45, 7) is 4.93. The van der Waals surface area contributed by atoms with E-state index in [1.54, 1.807) is 0 Å². The van der Waals surface area contributed by atoms with Crippen LogP contribution in [0, 0.1) is 0 Å². The predicted molar refractivity (Wildman–Crippen MR) is 140 cm³/mol. The number of nitrogens with one attached hydrogen (secondary N) is 1. The van der Waals surface area contributed by atoms with Gasteiger partial charge in [0, 0.05) is 73.5 Å². The van der Waals surface area contributed by atoms with Crippen LogP contribution in [0.3, 0.4) is 0 Å². The lowest BCUT2D eigenvalue weighted by Gasteiger charge is -2.39. The zero-order valence-electron chi connectivity index (χ0n) is 20.4. The maximum absolute atomic E-state index is 13.8. The molecule has 7 nitrogen and oxygen atoms in total. The Morgan fingerprint density at radius 1 is 1.03 bits per heavy atom. The minimum atomic E-state index is 0.0271. The van der Waals surface area contributed by atoms with Crippen LogP contribution in [0.1, 0.15) is 42.9 Å². The number of nitrogens with zero attached hydrogens (tertiary/aromatic N) is 3. The van der Waals surface area contributed by atoms with Crippen LogP contribution in [-0.2, 0) is 11.3 Å². The van der Waals surface area contributed by atoms with E-state index in [1.807, 2.05) is 30.5 Å². The number of hydrogen-bond donors (Lipinski definition) is 2. The number of aromatic nitrogens is 1. The van der Waals surface area contributed by atoms with E-state index < -0.39 is 0 Å². The molecule has 6 rings (SSSR count). The summed E-state index contributed by atoms with van der Waals surface area (Å²) in [5.74, 6) is 0.219. The van der Waals surface area contributed by atoms with Gasteiger partial charge in [-0.1, -0.05) is 29.8 Å². The van der Waals surface area contributed by atoms with Crippen molar-refractivity contribution in [2.45, 2.75) is 50.4 Å². The second kappa shape index (κ2) is 9.96. The molecule has 8 heteroatoms. The number of carbonyl (C=O) groups is 1. The number of likely N-dealkylation sites (tertiary alicyclic amines) is 1. The van der Waals surface area contributed by atoms with Crippen LogP contribution in [0.2, 0.25) is 5.02 Å². The highest BCUT2D eigenvalue weighted by atomic mass is 35.5. The highest BCUT2D eigenvalue weighted by Gasteiger charge is 2.45. The van der Waals surface area contributed by atoms with Gasteiger partial charge < -0.3 is 24.6 Å². The lowest BCUT2D eigenvalue weighted by Crippen LogP contribution is -2.48. The van der Waals surface area contributed by atoms with Gasteiger partial charge in [-0.25, -0.2) is 4.79 Å². The number of rotatable bonds is 5. The molecule has 2 aromatic carbocycles. The molecule has 0 aliphatic carbocycles. The van der Waals surface area contributed by atoms with Crippen molar-refractivity contribution in [2.75, 3.05) is 32.8 Å². The predicted octanol–water partition coefficient (Wildman–Crippen LogP) is 5.15. The van der Waals surface area contributed by atoms with E-state index >= 15 is 0 Å². The van der Waals surface area contributed by atoms with Crippen LogP contribution in [0.15, 0.2) is 48.7 Å². The van der Waals surface area contributed by atoms with Crippen molar-refractivity contribution in [3.05, 3.63) is 64.8 Å². The first kappa shape index (κ1) is 23.6. The van der Waals surface area contributed by atoms with Gasteiger partial charge in [-0.2, -0.15) is 0 Å². The maximum Gasteiger partial charge on any atom is 0.321 e. The number of halogens is 1. The molecule has 0 unspecified atom stereocenters. The van der Waals surface area contributed by atoms with Gasteiger partial charge in [-0.3, -0.25) is 4.90 Å². The normalized spacial score (nSPS) is 22.7. The first-order chi connectivity index (χ1) is 17.6. The molecule has 1 aromatic heterocycles. The summed E-state index contributed by atoms with van der Waals surface area (Å²) in [4.78, 5) is 23.4. The first-order valence-corrected chi connectivity index (χ1v) is 13.4. The zero-order chi connectivity index (χ0) is 24.6. The molecule has 1 atom stereocenters. The van der Waals surface area contributed by atoms with E-state index in [-0.39, 0.29) is 30.0 Å². The third-order valence-electron chi connectivity index (χ3n) is 8.13. The van der Waals surface area contributed by atoms with E-state index in [0.29, 0.717) is 11.6 Å². The number of carbonyl (C=O) groups excluding carboxylic acids is 1. The average Bonchev–Trinajstić information content (AvgIpc) is 3.44. The number of urea groups is 1. The summed E-state index contributed by atoms with van der Waals surface area (Å²) in [5, 5.41) is 12.5. The van der Waals surface area contributed by atoms with Gasteiger partial charge in [0.1, 0.15) is 0 Å². The summed E-state index contributed by atoms with van der Waals surface area (Å²) in [5.41, 5.74) is 2.36. The van der Waals surface area contributed by atoms with Crippen molar-refractivity contribution in [3.63, 3.8) is 0 Å². The Morgan fingerprint density at radius 3 is 2.61 bits per heavy atom. The molecule has 0 radical (unpaired) electrons. The molecule has 0 spiro atoms.